The van der Waals surface area contributed by atoms with E-state index in [9.17, 15) is 17.6 Å². The zero-order valence-electron chi connectivity index (χ0n) is 9.52. The largest absolute Gasteiger partial charge is 0.334 e. The normalized spacial score (nSPS) is 21.5. The first-order chi connectivity index (χ1) is 8.46. The van der Waals surface area contributed by atoms with Crippen molar-refractivity contribution >= 4 is 21.6 Å². The molecule has 1 fully saturated rings. The number of amides is 2. The van der Waals surface area contributed by atoms with Crippen molar-refractivity contribution in [3.05, 3.63) is 30.1 Å². The Bertz CT molecular complexity index is 559. The summed E-state index contributed by atoms with van der Waals surface area (Å²) >= 11 is 0. The van der Waals surface area contributed by atoms with Crippen LogP contribution in [0.25, 0.3) is 0 Å². The Labute approximate surface area is 104 Å². The molecule has 98 valence electrons. The molecule has 0 bridgehead atoms. The van der Waals surface area contributed by atoms with Gasteiger partial charge in [-0.1, -0.05) is 12.1 Å². The highest BCUT2D eigenvalue weighted by Gasteiger charge is 2.28. The van der Waals surface area contributed by atoms with Crippen molar-refractivity contribution in [1.29, 1.82) is 0 Å². The van der Waals surface area contributed by atoms with Gasteiger partial charge in [-0.15, -0.1) is 0 Å². The highest BCUT2D eigenvalue weighted by Crippen LogP contribution is 2.14. The number of anilines is 1. The summed E-state index contributed by atoms with van der Waals surface area (Å²) in [7, 11) is -3.04. The molecule has 1 saturated heterocycles. The lowest BCUT2D eigenvalue weighted by atomic mass is 10.3. The minimum atomic E-state index is -3.04. The maximum absolute atomic E-state index is 13.2. The lowest BCUT2D eigenvalue weighted by Gasteiger charge is -2.12. The number of hydrogen-bond donors (Lipinski definition) is 2. The van der Waals surface area contributed by atoms with Gasteiger partial charge in [0.05, 0.1) is 17.2 Å². The summed E-state index contributed by atoms with van der Waals surface area (Å²) < 4.78 is 35.7. The lowest BCUT2D eigenvalue weighted by Crippen LogP contribution is -2.38. The lowest BCUT2D eigenvalue weighted by molar-refractivity contribution is 0.249. The summed E-state index contributed by atoms with van der Waals surface area (Å²) in [5.41, 5.74) is 0.0656. The summed E-state index contributed by atoms with van der Waals surface area (Å²) in [5.74, 6) is -0.512. The van der Waals surface area contributed by atoms with E-state index in [0.717, 1.165) is 0 Å². The molecule has 0 aliphatic carbocycles. The van der Waals surface area contributed by atoms with Gasteiger partial charge in [0, 0.05) is 6.04 Å². The van der Waals surface area contributed by atoms with Crippen LogP contribution in [0.3, 0.4) is 0 Å². The average molecular weight is 272 g/mol. The molecule has 2 rings (SSSR count). The number of para-hydroxylation sites is 1. The van der Waals surface area contributed by atoms with Gasteiger partial charge in [0.15, 0.2) is 9.84 Å². The molecule has 18 heavy (non-hydrogen) atoms. The molecule has 0 aromatic heterocycles. The number of benzene rings is 1. The maximum Gasteiger partial charge on any atom is 0.319 e. The van der Waals surface area contributed by atoms with Crippen LogP contribution in [-0.4, -0.2) is 32.0 Å². The van der Waals surface area contributed by atoms with Gasteiger partial charge in [0.25, 0.3) is 0 Å². The Hall–Kier alpha value is -1.63. The van der Waals surface area contributed by atoms with Crippen LogP contribution in [0.15, 0.2) is 24.3 Å². The molecule has 1 aromatic carbocycles. The van der Waals surface area contributed by atoms with E-state index in [1.807, 2.05) is 0 Å². The monoisotopic (exact) mass is 272 g/mol. The molecule has 2 N–H and O–H groups in total. The predicted molar refractivity (Wildman–Crippen MR) is 65.6 cm³/mol. The van der Waals surface area contributed by atoms with Crippen molar-refractivity contribution in [1.82, 2.24) is 5.32 Å². The second-order valence-electron chi connectivity index (χ2n) is 4.18. The van der Waals surface area contributed by atoms with Crippen molar-refractivity contribution in [2.24, 2.45) is 0 Å². The molecule has 1 aromatic rings. The van der Waals surface area contributed by atoms with Gasteiger partial charge in [-0.2, -0.15) is 0 Å². The van der Waals surface area contributed by atoms with E-state index in [2.05, 4.69) is 10.6 Å². The quantitative estimate of drug-likeness (QED) is 0.847. The third-order valence-corrected chi connectivity index (χ3v) is 4.46. The fourth-order valence-corrected chi connectivity index (χ4v) is 3.49. The zero-order valence-corrected chi connectivity index (χ0v) is 10.3. The van der Waals surface area contributed by atoms with Crippen LogP contribution in [0.4, 0.5) is 14.9 Å². The van der Waals surface area contributed by atoms with Gasteiger partial charge in [0.2, 0.25) is 0 Å². The van der Waals surface area contributed by atoms with Crippen LogP contribution in [0.1, 0.15) is 6.42 Å². The third-order valence-electron chi connectivity index (χ3n) is 2.69. The van der Waals surface area contributed by atoms with Crippen LogP contribution in [0, 0.1) is 5.82 Å². The summed E-state index contributed by atoms with van der Waals surface area (Å²) in [5, 5.41) is 4.86. The molecule has 2 amide bonds. The number of nitrogens with one attached hydrogen (secondary N) is 2. The summed E-state index contributed by atoms with van der Waals surface area (Å²) in [4.78, 5) is 11.5. The first-order valence-corrected chi connectivity index (χ1v) is 7.31. The number of hydrogen-bond acceptors (Lipinski definition) is 3. The number of sulfone groups is 1. The van der Waals surface area contributed by atoms with Gasteiger partial charge in [-0.25, -0.2) is 17.6 Å². The molecule has 7 heteroatoms. The molecule has 0 unspecified atom stereocenters. The van der Waals surface area contributed by atoms with Crippen molar-refractivity contribution in [2.75, 3.05) is 16.8 Å². The van der Waals surface area contributed by atoms with Crippen molar-refractivity contribution in [3.63, 3.8) is 0 Å². The third kappa shape index (κ3) is 3.19. The maximum atomic E-state index is 13.2. The summed E-state index contributed by atoms with van der Waals surface area (Å²) in [6, 6.07) is 4.78. The second-order valence-corrected chi connectivity index (χ2v) is 6.41. The van der Waals surface area contributed by atoms with E-state index >= 15 is 0 Å². The molecular formula is C11H13FN2O3S. The topological polar surface area (TPSA) is 75.3 Å². The first kappa shape index (κ1) is 12.8. The average Bonchev–Trinajstić information content (AvgIpc) is 2.61. The molecule has 0 saturated carbocycles. The second kappa shape index (κ2) is 4.93. The zero-order chi connectivity index (χ0) is 13.2. The predicted octanol–water partition coefficient (Wildman–Crippen LogP) is 1.13. The number of carbonyl (C=O) groups excluding carboxylic acids is 1. The van der Waals surface area contributed by atoms with Crippen LogP contribution in [-0.2, 0) is 9.84 Å². The Morgan fingerprint density at radius 1 is 1.33 bits per heavy atom. The molecule has 0 spiro atoms. The summed E-state index contributed by atoms with van der Waals surface area (Å²) in [6.07, 6.45) is 0.396. The van der Waals surface area contributed by atoms with Crippen LogP contribution >= 0.6 is 0 Å². The molecule has 1 atom stereocenters. The minimum absolute atomic E-state index is 0.0578. The van der Waals surface area contributed by atoms with Gasteiger partial charge < -0.3 is 10.6 Å². The molecule has 0 radical (unpaired) electrons. The standard InChI is InChI=1S/C11H13FN2O3S/c12-9-3-1-2-4-10(9)14-11(15)13-8-5-6-18(16,17)7-8/h1-4,8H,5-7H2,(H2,13,14,15)/t8-/m0/s1. The van der Waals surface area contributed by atoms with Crippen molar-refractivity contribution in [3.8, 4) is 0 Å². The molecule has 5 nitrogen and oxygen atoms in total. The fourth-order valence-electron chi connectivity index (χ4n) is 1.82. The number of rotatable bonds is 2. The van der Waals surface area contributed by atoms with Crippen LogP contribution in [0.2, 0.25) is 0 Å². The highest BCUT2D eigenvalue weighted by molar-refractivity contribution is 7.91. The molecule has 1 aliphatic heterocycles. The van der Waals surface area contributed by atoms with E-state index in [1.165, 1.54) is 18.2 Å². The van der Waals surface area contributed by atoms with Crippen molar-refractivity contribution in [2.45, 2.75) is 12.5 Å². The van der Waals surface area contributed by atoms with Gasteiger partial charge in [-0.05, 0) is 18.6 Å². The van der Waals surface area contributed by atoms with Crippen molar-refractivity contribution < 1.29 is 17.6 Å². The fraction of sp³-hybridized carbons (Fsp3) is 0.364. The highest BCUT2D eigenvalue weighted by atomic mass is 32.2. The Morgan fingerprint density at radius 2 is 2.06 bits per heavy atom. The van der Waals surface area contributed by atoms with Gasteiger partial charge in [0.1, 0.15) is 5.82 Å². The molecular weight excluding hydrogens is 259 g/mol. The van der Waals surface area contributed by atoms with Crippen LogP contribution < -0.4 is 10.6 Å². The Kier molecular flexibility index (Phi) is 3.51. The number of urea groups is 1. The Morgan fingerprint density at radius 3 is 2.67 bits per heavy atom. The van der Waals surface area contributed by atoms with Crippen LogP contribution in [0.5, 0.6) is 0 Å². The number of halogens is 1. The number of carbonyl (C=O) groups is 1. The van der Waals surface area contributed by atoms with E-state index in [4.69, 9.17) is 0 Å². The first-order valence-electron chi connectivity index (χ1n) is 5.49. The molecule has 1 heterocycles. The molecule has 1 aliphatic rings. The van der Waals surface area contributed by atoms with E-state index in [0.29, 0.717) is 6.42 Å². The van der Waals surface area contributed by atoms with Gasteiger partial charge >= 0.3 is 6.03 Å². The van der Waals surface area contributed by atoms with E-state index < -0.39 is 27.7 Å². The SMILES string of the molecule is O=C(Nc1ccccc1F)N[C@H]1CCS(=O)(=O)C1. The smallest absolute Gasteiger partial charge is 0.319 e. The van der Waals surface area contributed by atoms with E-state index in [1.54, 1.807) is 6.07 Å². The Balaban J connectivity index is 1.92. The summed E-state index contributed by atoms with van der Waals surface area (Å²) in [6.45, 7) is 0. The van der Waals surface area contributed by atoms with Gasteiger partial charge in [-0.3, -0.25) is 0 Å². The minimum Gasteiger partial charge on any atom is -0.334 e. The van der Waals surface area contributed by atoms with E-state index in [-0.39, 0.29) is 17.2 Å².